The van der Waals surface area contributed by atoms with E-state index in [1.165, 1.54) is 6.07 Å². The van der Waals surface area contributed by atoms with Crippen LogP contribution in [0.1, 0.15) is 30.9 Å². The van der Waals surface area contributed by atoms with Gasteiger partial charge in [0.05, 0.1) is 6.61 Å². The Labute approximate surface area is 171 Å². The average molecular weight is 400 g/mol. The van der Waals surface area contributed by atoms with Crippen molar-refractivity contribution in [1.82, 2.24) is 10.6 Å². The molecular formula is C23H29FN2O3. The number of rotatable bonds is 8. The molecule has 0 aromatic heterocycles. The average Bonchev–Trinajstić information content (AvgIpc) is 2.74. The van der Waals surface area contributed by atoms with Gasteiger partial charge < -0.3 is 20.1 Å². The number of para-hydroxylation sites is 1. The molecule has 1 fully saturated rings. The van der Waals surface area contributed by atoms with Crippen molar-refractivity contribution in [3.63, 3.8) is 0 Å². The second-order valence-electron chi connectivity index (χ2n) is 7.30. The number of carbonyl (C=O) groups excluding carboxylic acids is 1. The quantitative estimate of drug-likeness (QED) is 0.708. The third kappa shape index (κ3) is 5.70. The summed E-state index contributed by atoms with van der Waals surface area (Å²) in [6.45, 7) is 4.72. The molecule has 0 saturated carbocycles. The summed E-state index contributed by atoms with van der Waals surface area (Å²) >= 11 is 0. The van der Waals surface area contributed by atoms with E-state index in [1.54, 1.807) is 12.1 Å². The van der Waals surface area contributed by atoms with Crippen LogP contribution in [0.15, 0.2) is 48.5 Å². The lowest BCUT2D eigenvalue weighted by Crippen LogP contribution is -2.47. The molecule has 2 aromatic rings. The van der Waals surface area contributed by atoms with Gasteiger partial charge in [0.25, 0.3) is 0 Å². The molecule has 29 heavy (non-hydrogen) atoms. The van der Waals surface area contributed by atoms with Gasteiger partial charge in [-0.25, -0.2) is 9.18 Å². The first-order chi connectivity index (χ1) is 14.1. The number of carbonyl (C=O) groups is 1. The highest BCUT2D eigenvalue weighted by Gasteiger charge is 2.35. The van der Waals surface area contributed by atoms with Gasteiger partial charge >= 0.3 is 6.03 Å². The van der Waals surface area contributed by atoms with Crippen molar-refractivity contribution >= 4 is 6.03 Å². The normalized spacial score (nSPS) is 15.5. The van der Waals surface area contributed by atoms with Crippen molar-refractivity contribution in [2.24, 2.45) is 0 Å². The lowest BCUT2D eigenvalue weighted by atomic mass is 9.74. The summed E-state index contributed by atoms with van der Waals surface area (Å²) in [6.07, 6.45) is 2.18. The molecule has 1 aliphatic rings. The number of urea groups is 1. The molecule has 0 unspecified atom stereocenters. The molecule has 1 aliphatic heterocycles. The lowest BCUT2D eigenvalue weighted by Gasteiger charge is -2.38. The molecule has 1 heterocycles. The van der Waals surface area contributed by atoms with Crippen LogP contribution >= 0.6 is 0 Å². The SMILES string of the molecule is CCOc1ccccc1CCNC(=O)NCC1(c2cccc(F)c2)CCOCC1. The summed E-state index contributed by atoms with van der Waals surface area (Å²) < 4.78 is 24.9. The van der Waals surface area contributed by atoms with Gasteiger partial charge in [0, 0.05) is 31.7 Å². The smallest absolute Gasteiger partial charge is 0.314 e. The van der Waals surface area contributed by atoms with Crippen molar-refractivity contribution in [2.75, 3.05) is 32.9 Å². The maximum atomic E-state index is 13.8. The molecule has 1 saturated heterocycles. The standard InChI is InChI=1S/C23H29FN2O3/c1-2-29-21-9-4-3-6-18(21)10-13-25-22(27)26-17-23(11-14-28-15-12-23)19-7-5-8-20(24)16-19/h3-9,16H,2,10-15,17H2,1H3,(H2,25,26,27). The molecule has 0 radical (unpaired) electrons. The van der Waals surface area contributed by atoms with Crippen LogP contribution in [-0.2, 0) is 16.6 Å². The number of ether oxygens (including phenoxy) is 2. The highest BCUT2D eigenvalue weighted by molar-refractivity contribution is 5.74. The minimum absolute atomic E-state index is 0.221. The molecule has 156 valence electrons. The van der Waals surface area contributed by atoms with Crippen LogP contribution in [0.3, 0.4) is 0 Å². The minimum Gasteiger partial charge on any atom is -0.494 e. The molecule has 2 N–H and O–H groups in total. The van der Waals surface area contributed by atoms with E-state index in [0.29, 0.717) is 39.3 Å². The molecule has 3 rings (SSSR count). The zero-order valence-corrected chi connectivity index (χ0v) is 16.9. The summed E-state index contributed by atoms with van der Waals surface area (Å²) in [6, 6.07) is 14.3. The summed E-state index contributed by atoms with van der Waals surface area (Å²) in [4.78, 5) is 12.4. The number of amides is 2. The Kier molecular flexibility index (Phi) is 7.47. The van der Waals surface area contributed by atoms with Gasteiger partial charge in [-0.15, -0.1) is 0 Å². The van der Waals surface area contributed by atoms with E-state index in [1.807, 2.05) is 37.3 Å². The number of hydrogen-bond acceptors (Lipinski definition) is 3. The summed E-state index contributed by atoms with van der Waals surface area (Å²) in [7, 11) is 0. The first-order valence-electron chi connectivity index (χ1n) is 10.2. The Morgan fingerprint density at radius 3 is 2.69 bits per heavy atom. The van der Waals surface area contributed by atoms with E-state index < -0.39 is 0 Å². The van der Waals surface area contributed by atoms with Crippen LogP contribution in [0, 0.1) is 5.82 Å². The fourth-order valence-corrected chi connectivity index (χ4v) is 3.78. The van der Waals surface area contributed by atoms with Gasteiger partial charge in [0.15, 0.2) is 0 Å². The predicted octanol–water partition coefficient (Wildman–Crippen LogP) is 3.81. The molecule has 0 aliphatic carbocycles. The molecule has 5 nitrogen and oxygen atoms in total. The molecule has 0 spiro atoms. The second kappa shape index (κ2) is 10.3. The van der Waals surface area contributed by atoms with Crippen molar-refractivity contribution < 1.29 is 18.7 Å². The third-order valence-electron chi connectivity index (χ3n) is 5.43. The van der Waals surface area contributed by atoms with Crippen LogP contribution in [0.5, 0.6) is 5.75 Å². The number of benzene rings is 2. The molecule has 0 bridgehead atoms. The Bertz CT molecular complexity index is 806. The van der Waals surface area contributed by atoms with E-state index in [-0.39, 0.29) is 17.3 Å². The van der Waals surface area contributed by atoms with Crippen molar-refractivity contribution in [2.45, 2.75) is 31.6 Å². The molecule has 2 aromatic carbocycles. The van der Waals surface area contributed by atoms with Gasteiger partial charge in [-0.2, -0.15) is 0 Å². The zero-order chi connectivity index (χ0) is 20.5. The topological polar surface area (TPSA) is 59.6 Å². The number of hydrogen-bond donors (Lipinski definition) is 2. The molecule has 6 heteroatoms. The summed E-state index contributed by atoms with van der Waals surface area (Å²) in [5, 5.41) is 5.89. The van der Waals surface area contributed by atoms with Gasteiger partial charge in [0.1, 0.15) is 11.6 Å². The Morgan fingerprint density at radius 2 is 1.93 bits per heavy atom. The highest BCUT2D eigenvalue weighted by atomic mass is 19.1. The minimum atomic E-state index is -0.306. The number of halogens is 1. The summed E-state index contributed by atoms with van der Waals surface area (Å²) in [5.41, 5.74) is 1.67. The van der Waals surface area contributed by atoms with Gasteiger partial charge in [0.2, 0.25) is 0 Å². The first-order valence-corrected chi connectivity index (χ1v) is 10.2. The van der Waals surface area contributed by atoms with E-state index in [2.05, 4.69) is 10.6 Å². The fraction of sp³-hybridized carbons (Fsp3) is 0.435. The first kappa shape index (κ1) is 21.1. The highest BCUT2D eigenvalue weighted by Crippen LogP contribution is 2.34. The molecule has 0 atom stereocenters. The van der Waals surface area contributed by atoms with Crippen LogP contribution < -0.4 is 15.4 Å². The monoisotopic (exact) mass is 400 g/mol. The van der Waals surface area contributed by atoms with Crippen LogP contribution in [0.2, 0.25) is 0 Å². The van der Waals surface area contributed by atoms with E-state index in [0.717, 1.165) is 29.7 Å². The van der Waals surface area contributed by atoms with Crippen LogP contribution in [0.25, 0.3) is 0 Å². The van der Waals surface area contributed by atoms with E-state index in [4.69, 9.17) is 9.47 Å². The maximum Gasteiger partial charge on any atom is 0.314 e. The van der Waals surface area contributed by atoms with E-state index >= 15 is 0 Å². The summed E-state index contributed by atoms with van der Waals surface area (Å²) in [5.74, 6) is 0.593. The van der Waals surface area contributed by atoms with Crippen LogP contribution in [-0.4, -0.2) is 38.9 Å². The van der Waals surface area contributed by atoms with Crippen molar-refractivity contribution in [3.8, 4) is 5.75 Å². The Balaban J connectivity index is 1.54. The zero-order valence-electron chi connectivity index (χ0n) is 16.9. The third-order valence-corrected chi connectivity index (χ3v) is 5.43. The largest absolute Gasteiger partial charge is 0.494 e. The van der Waals surface area contributed by atoms with Crippen molar-refractivity contribution in [3.05, 3.63) is 65.5 Å². The Morgan fingerprint density at radius 1 is 1.14 bits per heavy atom. The Hall–Kier alpha value is -2.60. The van der Waals surface area contributed by atoms with Gasteiger partial charge in [-0.1, -0.05) is 30.3 Å². The van der Waals surface area contributed by atoms with Gasteiger partial charge in [-0.05, 0) is 55.5 Å². The van der Waals surface area contributed by atoms with Crippen LogP contribution in [0.4, 0.5) is 9.18 Å². The molecule has 2 amide bonds. The molecular weight excluding hydrogens is 371 g/mol. The fourth-order valence-electron chi connectivity index (χ4n) is 3.78. The number of nitrogens with one attached hydrogen (secondary N) is 2. The second-order valence-corrected chi connectivity index (χ2v) is 7.30. The lowest BCUT2D eigenvalue weighted by molar-refractivity contribution is 0.0506. The predicted molar refractivity (Wildman–Crippen MR) is 111 cm³/mol. The van der Waals surface area contributed by atoms with E-state index in [9.17, 15) is 9.18 Å². The van der Waals surface area contributed by atoms with Crippen molar-refractivity contribution in [1.29, 1.82) is 0 Å². The maximum absolute atomic E-state index is 13.8. The van der Waals surface area contributed by atoms with Gasteiger partial charge in [-0.3, -0.25) is 0 Å².